The number of carbonyl (C=O) groups excluding carboxylic acids is 1. The Morgan fingerprint density at radius 3 is 3.14 bits per heavy atom. The summed E-state index contributed by atoms with van der Waals surface area (Å²) in [5.41, 5.74) is 0. The van der Waals surface area contributed by atoms with Crippen molar-refractivity contribution in [2.24, 2.45) is 0 Å². The maximum atomic E-state index is 10.8. The molecule has 0 aliphatic heterocycles. The zero-order valence-electron chi connectivity index (χ0n) is 7.95. The smallest absolute Gasteiger partial charge is 0.407 e. The van der Waals surface area contributed by atoms with E-state index in [1.807, 2.05) is 5.38 Å². The molecule has 0 aliphatic rings. The number of hydrogen-bond acceptors (Lipinski definition) is 5. The zero-order valence-corrected chi connectivity index (χ0v) is 8.76. The van der Waals surface area contributed by atoms with Gasteiger partial charge in [0.05, 0.1) is 6.61 Å². The number of nitrogens with one attached hydrogen (secondary N) is 2. The van der Waals surface area contributed by atoms with Gasteiger partial charge in [-0.3, -0.25) is 0 Å². The van der Waals surface area contributed by atoms with E-state index in [1.54, 1.807) is 13.1 Å². The molecule has 0 atom stereocenters. The molecular weight excluding hydrogens is 202 g/mol. The fraction of sp³-hybridized carbons (Fsp3) is 0.500. The lowest BCUT2D eigenvalue weighted by molar-refractivity contribution is 0.152. The van der Waals surface area contributed by atoms with Crippen LogP contribution >= 0.6 is 11.3 Å². The Morgan fingerprint density at radius 2 is 2.50 bits per heavy atom. The molecule has 14 heavy (non-hydrogen) atoms. The van der Waals surface area contributed by atoms with Crippen LogP contribution in [0.1, 0.15) is 6.92 Å². The number of thiazole rings is 1. The quantitative estimate of drug-likeness (QED) is 0.727. The highest BCUT2D eigenvalue weighted by Crippen LogP contribution is 2.08. The minimum atomic E-state index is -0.381. The molecule has 0 saturated carbocycles. The van der Waals surface area contributed by atoms with Crippen molar-refractivity contribution in [1.29, 1.82) is 0 Å². The SMILES string of the molecule is CCOC(=O)NCCNc1nccs1. The third kappa shape index (κ3) is 4.08. The van der Waals surface area contributed by atoms with Crippen molar-refractivity contribution in [3.63, 3.8) is 0 Å². The van der Waals surface area contributed by atoms with Gasteiger partial charge in [-0.05, 0) is 6.92 Å². The fourth-order valence-electron chi connectivity index (χ4n) is 0.827. The lowest BCUT2D eigenvalue weighted by Gasteiger charge is -2.05. The number of nitrogens with zero attached hydrogens (tertiary/aromatic N) is 1. The van der Waals surface area contributed by atoms with Crippen molar-refractivity contribution in [2.75, 3.05) is 25.0 Å². The number of alkyl carbamates (subject to hydrolysis) is 1. The van der Waals surface area contributed by atoms with Gasteiger partial charge in [-0.15, -0.1) is 11.3 Å². The average molecular weight is 215 g/mol. The monoisotopic (exact) mass is 215 g/mol. The zero-order chi connectivity index (χ0) is 10.2. The van der Waals surface area contributed by atoms with Crippen molar-refractivity contribution in [3.05, 3.63) is 11.6 Å². The van der Waals surface area contributed by atoms with Gasteiger partial charge in [0.2, 0.25) is 0 Å². The Bertz CT molecular complexity index is 264. The summed E-state index contributed by atoms with van der Waals surface area (Å²) in [4.78, 5) is 14.9. The second-order valence-corrected chi connectivity index (χ2v) is 3.31. The van der Waals surface area contributed by atoms with Gasteiger partial charge in [-0.25, -0.2) is 9.78 Å². The predicted molar refractivity (Wildman–Crippen MR) is 55.6 cm³/mol. The van der Waals surface area contributed by atoms with Crippen LogP contribution in [-0.2, 0) is 4.74 Å². The van der Waals surface area contributed by atoms with Crippen LogP contribution in [0.5, 0.6) is 0 Å². The Labute approximate surface area is 86.5 Å². The van der Waals surface area contributed by atoms with Gasteiger partial charge >= 0.3 is 6.09 Å². The third-order valence-corrected chi connectivity index (χ3v) is 2.11. The first kappa shape index (κ1) is 10.8. The van der Waals surface area contributed by atoms with Gasteiger partial charge in [0.25, 0.3) is 0 Å². The van der Waals surface area contributed by atoms with E-state index in [4.69, 9.17) is 0 Å². The molecule has 0 aromatic carbocycles. The molecule has 2 N–H and O–H groups in total. The maximum Gasteiger partial charge on any atom is 0.407 e. The summed E-state index contributed by atoms with van der Waals surface area (Å²) < 4.78 is 4.69. The molecular formula is C8H13N3O2S. The molecule has 0 bridgehead atoms. The van der Waals surface area contributed by atoms with Gasteiger partial charge < -0.3 is 15.4 Å². The van der Waals surface area contributed by atoms with Crippen LogP contribution in [-0.4, -0.2) is 30.8 Å². The minimum Gasteiger partial charge on any atom is -0.450 e. The van der Waals surface area contributed by atoms with Crippen LogP contribution < -0.4 is 10.6 Å². The van der Waals surface area contributed by atoms with Crippen LogP contribution in [0, 0.1) is 0 Å². The summed E-state index contributed by atoms with van der Waals surface area (Å²) in [6.07, 6.45) is 1.35. The van der Waals surface area contributed by atoms with Crippen LogP contribution in [0.25, 0.3) is 0 Å². The van der Waals surface area contributed by atoms with Gasteiger partial charge in [-0.2, -0.15) is 0 Å². The average Bonchev–Trinajstić information content (AvgIpc) is 2.65. The number of hydrogen-bond donors (Lipinski definition) is 2. The fourth-order valence-corrected chi connectivity index (χ4v) is 1.38. The van der Waals surface area contributed by atoms with Crippen LogP contribution in [0.3, 0.4) is 0 Å². The molecule has 1 heterocycles. The van der Waals surface area contributed by atoms with E-state index >= 15 is 0 Å². The Morgan fingerprint density at radius 1 is 1.64 bits per heavy atom. The van der Waals surface area contributed by atoms with E-state index in [0.717, 1.165) is 5.13 Å². The first-order valence-corrected chi connectivity index (χ1v) is 5.25. The van der Waals surface area contributed by atoms with E-state index in [0.29, 0.717) is 19.7 Å². The highest BCUT2D eigenvalue weighted by atomic mass is 32.1. The molecule has 1 aromatic rings. The molecule has 0 radical (unpaired) electrons. The number of ether oxygens (including phenoxy) is 1. The van der Waals surface area contributed by atoms with E-state index < -0.39 is 0 Å². The lowest BCUT2D eigenvalue weighted by atomic mass is 10.6. The predicted octanol–water partition coefficient (Wildman–Crippen LogP) is 1.30. The lowest BCUT2D eigenvalue weighted by Crippen LogP contribution is -2.29. The Hall–Kier alpha value is -1.30. The standard InChI is InChI=1S/C8H13N3O2S/c1-2-13-8(12)11-4-3-9-7-10-5-6-14-7/h5-6H,2-4H2,1H3,(H,9,10)(H,11,12). The van der Waals surface area contributed by atoms with Gasteiger partial charge in [0.1, 0.15) is 0 Å². The molecule has 1 amide bonds. The van der Waals surface area contributed by atoms with E-state index in [-0.39, 0.29) is 6.09 Å². The first-order chi connectivity index (χ1) is 6.83. The van der Waals surface area contributed by atoms with Crippen molar-refractivity contribution < 1.29 is 9.53 Å². The van der Waals surface area contributed by atoms with Crippen LogP contribution in [0.15, 0.2) is 11.6 Å². The summed E-state index contributed by atoms with van der Waals surface area (Å²) >= 11 is 1.53. The summed E-state index contributed by atoms with van der Waals surface area (Å²) in [6.45, 7) is 3.34. The Kier molecular flexibility index (Phi) is 4.77. The van der Waals surface area contributed by atoms with Crippen molar-refractivity contribution in [3.8, 4) is 0 Å². The summed E-state index contributed by atoms with van der Waals surface area (Å²) in [7, 11) is 0. The molecule has 1 aromatic heterocycles. The molecule has 0 aliphatic carbocycles. The van der Waals surface area contributed by atoms with Crippen molar-refractivity contribution in [2.45, 2.75) is 6.92 Å². The number of aromatic nitrogens is 1. The summed E-state index contributed by atoms with van der Waals surface area (Å²) in [6, 6.07) is 0. The first-order valence-electron chi connectivity index (χ1n) is 4.37. The normalized spacial score (nSPS) is 9.50. The van der Waals surface area contributed by atoms with Crippen LogP contribution in [0.4, 0.5) is 9.93 Å². The molecule has 0 spiro atoms. The van der Waals surface area contributed by atoms with Crippen molar-refractivity contribution in [1.82, 2.24) is 10.3 Å². The summed E-state index contributed by atoms with van der Waals surface area (Å²) in [5, 5.41) is 8.41. The molecule has 0 saturated heterocycles. The number of rotatable bonds is 5. The highest BCUT2D eigenvalue weighted by molar-refractivity contribution is 7.13. The minimum absolute atomic E-state index is 0.381. The van der Waals surface area contributed by atoms with Gasteiger partial charge in [0.15, 0.2) is 5.13 Å². The molecule has 5 nitrogen and oxygen atoms in total. The van der Waals surface area contributed by atoms with E-state index in [9.17, 15) is 4.79 Å². The van der Waals surface area contributed by atoms with Crippen LogP contribution in [0.2, 0.25) is 0 Å². The summed E-state index contributed by atoms with van der Waals surface area (Å²) in [5.74, 6) is 0. The van der Waals surface area contributed by atoms with Gasteiger partial charge in [0, 0.05) is 24.7 Å². The second-order valence-electron chi connectivity index (χ2n) is 2.41. The number of anilines is 1. The highest BCUT2D eigenvalue weighted by Gasteiger charge is 1.98. The molecule has 0 fully saturated rings. The molecule has 78 valence electrons. The Balaban J connectivity index is 2.02. The maximum absolute atomic E-state index is 10.8. The molecule has 1 rings (SSSR count). The van der Waals surface area contributed by atoms with Crippen molar-refractivity contribution >= 4 is 22.6 Å². The third-order valence-electron chi connectivity index (χ3n) is 1.38. The number of carbonyl (C=O) groups is 1. The van der Waals surface area contributed by atoms with Gasteiger partial charge in [-0.1, -0.05) is 0 Å². The van der Waals surface area contributed by atoms with E-state index in [1.165, 1.54) is 11.3 Å². The molecule has 0 unspecified atom stereocenters. The largest absolute Gasteiger partial charge is 0.450 e. The number of amides is 1. The topological polar surface area (TPSA) is 63.2 Å². The second kappa shape index (κ2) is 6.20. The molecule has 6 heteroatoms. The van der Waals surface area contributed by atoms with E-state index in [2.05, 4.69) is 20.4 Å².